The van der Waals surface area contributed by atoms with Crippen LogP contribution in [0, 0.1) is 5.82 Å². The van der Waals surface area contributed by atoms with Crippen LogP contribution in [-0.4, -0.2) is 0 Å². The van der Waals surface area contributed by atoms with Crippen molar-refractivity contribution >= 4 is 17.2 Å². The lowest BCUT2D eigenvalue weighted by Crippen LogP contribution is -1.83. The van der Waals surface area contributed by atoms with E-state index < -0.39 is 0 Å². The second-order valence-electron chi connectivity index (χ2n) is 3.25. The highest BCUT2D eigenvalue weighted by molar-refractivity contribution is 6.30. The Morgan fingerprint density at radius 3 is 2.77 bits per heavy atom. The SMILES string of the molecule is Fc1ccc(C2=CCCC2)cc1Cl. The zero-order valence-corrected chi connectivity index (χ0v) is 7.94. The third-order valence-electron chi connectivity index (χ3n) is 2.33. The summed E-state index contributed by atoms with van der Waals surface area (Å²) in [5.41, 5.74) is 2.35. The van der Waals surface area contributed by atoms with Crippen LogP contribution in [0.15, 0.2) is 24.3 Å². The van der Waals surface area contributed by atoms with Crippen molar-refractivity contribution < 1.29 is 4.39 Å². The van der Waals surface area contributed by atoms with Crippen LogP contribution in [0.4, 0.5) is 4.39 Å². The third-order valence-corrected chi connectivity index (χ3v) is 2.62. The van der Waals surface area contributed by atoms with Crippen LogP contribution in [0.1, 0.15) is 24.8 Å². The van der Waals surface area contributed by atoms with E-state index in [1.54, 1.807) is 12.1 Å². The zero-order valence-electron chi connectivity index (χ0n) is 7.19. The molecule has 2 heteroatoms. The Morgan fingerprint density at radius 2 is 2.15 bits per heavy atom. The molecule has 1 aromatic rings. The first kappa shape index (κ1) is 8.76. The van der Waals surface area contributed by atoms with Gasteiger partial charge >= 0.3 is 0 Å². The summed E-state index contributed by atoms with van der Waals surface area (Å²) in [4.78, 5) is 0. The monoisotopic (exact) mass is 196 g/mol. The summed E-state index contributed by atoms with van der Waals surface area (Å²) < 4.78 is 12.8. The zero-order chi connectivity index (χ0) is 9.26. The van der Waals surface area contributed by atoms with Crippen molar-refractivity contribution in [3.05, 3.63) is 40.7 Å². The molecule has 0 fully saturated rings. The van der Waals surface area contributed by atoms with Crippen molar-refractivity contribution in [2.75, 3.05) is 0 Å². The minimum atomic E-state index is -0.344. The molecule has 0 nitrogen and oxygen atoms in total. The van der Waals surface area contributed by atoms with Crippen LogP contribution in [0.2, 0.25) is 5.02 Å². The van der Waals surface area contributed by atoms with Gasteiger partial charge in [0.15, 0.2) is 0 Å². The van der Waals surface area contributed by atoms with Crippen LogP contribution in [0.3, 0.4) is 0 Å². The molecule has 0 spiro atoms. The van der Waals surface area contributed by atoms with Gasteiger partial charge in [0.2, 0.25) is 0 Å². The van der Waals surface area contributed by atoms with Gasteiger partial charge in [-0.1, -0.05) is 23.7 Å². The van der Waals surface area contributed by atoms with E-state index in [-0.39, 0.29) is 10.8 Å². The van der Waals surface area contributed by atoms with E-state index in [0.717, 1.165) is 18.4 Å². The maximum atomic E-state index is 12.8. The second-order valence-corrected chi connectivity index (χ2v) is 3.66. The summed E-state index contributed by atoms with van der Waals surface area (Å²) in [6.07, 6.45) is 5.61. The Morgan fingerprint density at radius 1 is 1.31 bits per heavy atom. The molecule has 0 saturated heterocycles. The molecule has 0 aliphatic heterocycles. The molecule has 0 radical (unpaired) electrons. The molecule has 1 aromatic carbocycles. The van der Waals surface area contributed by atoms with Crippen LogP contribution >= 0.6 is 11.6 Å². The molecule has 68 valence electrons. The second kappa shape index (κ2) is 3.51. The fourth-order valence-electron chi connectivity index (χ4n) is 1.63. The molecule has 0 amide bonds. The Labute approximate surface area is 82.0 Å². The normalized spacial score (nSPS) is 16.0. The molecular formula is C11H10ClF. The fourth-order valence-corrected chi connectivity index (χ4v) is 1.81. The van der Waals surface area contributed by atoms with E-state index >= 15 is 0 Å². The van der Waals surface area contributed by atoms with Crippen molar-refractivity contribution in [1.29, 1.82) is 0 Å². The summed E-state index contributed by atoms with van der Waals surface area (Å²) in [7, 11) is 0. The lowest BCUT2D eigenvalue weighted by Gasteiger charge is -2.02. The van der Waals surface area contributed by atoms with Crippen molar-refractivity contribution in [1.82, 2.24) is 0 Å². The van der Waals surface area contributed by atoms with Crippen molar-refractivity contribution in [3.8, 4) is 0 Å². The summed E-state index contributed by atoms with van der Waals surface area (Å²) in [6.45, 7) is 0. The first-order valence-corrected chi connectivity index (χ1v) is 4.79. The van der Waals surface area contributed by atoms with Crippen LogP contribution < -0.4 is 0 Å². The van der Waals surface area contributed by atoms with Gasteiger partial charge in [0, 0.05) is 0 Å². The number of halogens is 2. The van der Waals surface area contributed by atoms with Gasteiger partial charge in [-0.05, 0) is 42.5 Å². The average molecular weight is 197 g/mol. The highest BCUT2D eigenvalue weighted by atomic mass is 35.5. The predicted molar refractivity (Wildman–Crippen MR) is 53.2 cm³/mol. The maximum absolute atomic E-state index is 12.8. The summed E-state index contributed by atoms with van der Waals surface area (Å²) in [5, 5.41) is 0.213. The lowest BCUT2D eigenvalue weighted by molar-refractivity contribution is 0.628. The molecule has 0 unspecified atom stereocenters. The fraction of sp³-hybridized carbons (Fsp3) is 0.273. The Hall–Kier alpha value is -0.820. The molecule has 0 N–H and O–H groups in total. The highest BCUT2D eigenvalue weighted by Gasteiger charge is 2.08. The standard InChI is InChI=1S/C11H10ClF/c12-10-7-9(5-6-11(10)13)8-3-1-2-4-8/h3,5-7H,1-2,4H2. The van der Waals surface area contributed by atoms with Crippen LogP contribution in [0.5, 0.6) is 0 Å². The quantitative estimate of drug-likeness (QED) is 0.636. The van der Waals surface area contributed by atoms with Crippen molar-refractivity contribution in [2.24, 2.45) is 0 Å². The molecule has 0 saturated carbocycles. The highest BCUT2D eigenvalue weighted by Crippen LogP contribution is 2.29. The van der Waals surface area contributed by atoms with Gasteiger partial charge in [0.05, 0.1) is 5.02 Å². The minimum Gasteiger partial charge on any atom is -0.205 e. The van der Waals surface area contributed by atoms with Gasteiger partial charge in [-0.2, -0.15) is 0 Å². The van der Waals surface area contributed by atoms with E-state index in [0.29, 0.717) is 0 Å². The van der Waals surface area contributed by atoms with Gasteiger partial charge in [-0.3, -0.25) is 0 Å². The van der Waals surface area contributed by atoms with Gasteiger partial charge in [-0.25, -0.2) is 4.39 Å². The molecule has 13 heavy (non-hydrogen) atoms. The van der Waals surface area contributed by atoms with Crippen LogP contribution in [0.25, 0.3) is 5.57 Å². The van der Waals surface area contributed by atoms with Gasteiger partial charge in [-0.15, -0.1) is 0 Å². The van der Waals surface area contributed by atoms with Gasteiger partial charge in [0.25, 0.3) is 0 Å². The van der Waals surface area contributed by atoms with Gasteiger partial charge < -0.3 is 0 Å². The first-order chi connectivity index (χ1) is 6.27. The number of hydrogen-bond donors (Lipinski definition) is 0. The van der Waals surface area contributed by atoms with Crippen molar-refractivity contribution in [2.45, 2.75) is 19.3 Å². The number of benzene rings is 1. The molecule has 1 aliphatic rings. The molecule has 1 aliphatic carbocycles. The lowest BCUT2D eigenvalue weighted by atomic mass is 10.1. The Bertz CT molecular complexity index is 355. The summed E-state index contributed by atoms with van der Waals surface area (Å²) in [5.74, 6) is -0.344. The van der Waals surface area contributed by atoms with Crippen molar-refractivity contribution in [3.63, 3.8) is 0 Å². The molecule has 0 aromatic heterocycles. The number of hydrogen-bond acceptors (Lipinski definition) is 0. The Balaban J connectivity index is 2.36. The molecule has 0 heterocycles. The van der Waals surface area contributed by atoms with E-state index in [9.17, 15) is 4.39 Å². The Kier molecular flexibility index (Phi) is 2.36. The molecule has 0 atom stereocenters. The molecule has 2 rings (SSSR count). The topological polar surface area (TPSA) is 0 Å². The molecule has 0 bridgehead atoms. The van der Waals surface area contributed by atoms with Gasteiger partial charge in [0.1, 0.15) is 5.82 Å². The number of rotatable bonds is 1. The average Bonchev–Trinajstić information content (AvgIpc) is 2.62. The predicted octanol–water partition coefficient (Wildman–Crippen LogP) is 4.05. The summed E-state index contributed by atoms with van der Waals surface area (Å²) >= 11 is 5.69. The van der Waals surface area contributed by atoms with E-state index in [4.69, 9.17) is 11.6 Å². The van der Waals surface area contributed by atoms with Crippen LogP contribution in [-0.2, 0) is 0 Å². The van der Waals surface area contributed by atoms with E-state index in [2.05, 4.69) is 6.08 Å². The first-order valence-electron chi connectivity index (χ1n) is 4.42. The van der Waals surface area contributed by atoms with E-state index in [1.165, 1.54) is 18.1 Å². The molecular weight excluding hydrogens is 187 g/mol. The summed E-state index contributed by atoms with van der Waals surface area (Å²) in [6, 6.07) is 4.92. The largest absolute Gasteiger partial charge is 0.205 e. The maximum Gasteiger partial charge on any atom is 0.141 e. The smallest absolute Gasteiger partial charge is 0.141 e. The van der Waals surface area contributed by atoms with E-state index in [1.807, 2.05) is 0 Å². The number of allylic oxidation sites excluding steroid dienone is 2. The minimum absolute atomic E-state index is 0.213. The third kappa shape index (κ3) is 1.75.